The van der Waals surface area contributed by atoms with Crippen LogP contribution in [0.1, 0.15) is 54.4 Å². The summed E-state index contributed by atoms with van der Waals surface area (Å²) in [5, 5.41) is 3.19. The molecule has 0 spiro atoms. The van der Waals surface area contributed by atoms with E-state index in [4.69, 9.17) is 0 Å². The molecule has 0 bridgehead atoms. The smallest absolute Gasteiger partial charge is 0.152 e. The summed E-state index contributed by atoms with van der Waals surface area (Å²) in [5.41, 5.74) is 0.102. The molecule has 0 aliphatic heterocycles. The molecule has 0 saturated heterocycles. The van der Waals surface area contributed by atoms with Gasteiger partial charge in [0.2, 0.25) is 0 Å². The van der Waals surface area contributed by atoms with E-state index >= 15 is 0 Å². The van der Waals surface area contributed by atoms with Gasteiger partial charge in [0.05, 0.1) is 11.0 Å². The first-order valence-corrected chi connectivity index (χ1v) is 8.26. The van der Waals surface area contributed by atoms with Crippen LogP contribution in [-0.2, 0) is 9.84 Å². The predicted molar refractivity (Wildman–Crippen MR) is 75.1 cm³/mol. The number of nitrogens with one attached hydrogen (secondary N) is 1. The lowest BCUT2D eigenvalue weighted by Gasteiger charge is -2.24. The van der Waals surface area contributed by atoms with E-state index in [0.717, 1.165) is 19.4 Å². The second-order valence-corrected chi connectivity index (χ2v) is 8.79. The minimum absolute atomic E-state index is 0.102. The van der Waals surface area contributed by atoms with E-state index in [9.17, 15) is 8.42 Å². The Morgan fingerprint density at radius 2 is 1.71 bits per heavy atom. The average Bonchev–Trinajstić information content (AvgIpc) is 2.16. The van der Waals surface area contributed by atoms with Crippen molar-refractivity contribution in [2.24, 2.45) is 5.92 Å². The average molecular weight is 263 g/mol. The fourth-order valence-corrected chi connectivity index (χ4v) is 2.60. The van der Waals surface area contributed by atoms with Crippen molar-refractivity contribution in [2.45, 2.75) is 65.2 Å². The largest absolute Gasteiger partial charge is 0.312 e. The molecule has 17 heavy (non-hydrogen) atoms. The van der Waals surface area contributed by atoms with Gasteiger partial charge in [-0.2, -0.15) is 0 Å². The third kappa shape index (κ3) is 7.77. The fraction of sp³-hybridized carbons (Fsp3) is 1.00. The van der Waals surface area contributed by atoms with Crippen molar-refractivity contribution < 1.29 is 8.42 Å². The highest BCUT2D eigenvalue weighted by molar-refractivity contribution is 7.91. The Labute approximate surface area is 107 Å². The van der Waals surface area contributed by atoms with Crippen molar-refractivity contribution in [2.75, 3.05) is 12.3 Å². The molecule has 0 rings (SSSR count). The van der Waals surface area contributed by atoms with Gasteiger partial charge in [-0.15, -0.1) is 0 Å². The van der Waals surface area contributed by atoms with Crippen LogP contribution in [0.15, 0.2) is 0 Å². The number of hydrogen-bond acceptors (Lipinski definition) is 3. The molecule has 1 unspecified atom stereocenters. The second-order valence-electron chi connectivity index (χ2n) is 6.11. The van der Waals surface area contributed by atoms with Gasteiger partial charge >= 0.3 is 0 Å². The Hall–Kier alpha value is -0.0900. The van der Waals surface area contributed by atoms with E-state index in [1.807, 2.05) is 0 Å². The fourth-order valence-electron chi connectivity index (χ4n) is 1.47. The van der Waals surface area contributed by atoms with Gasteiger partial charge in [0.15, 0.2) is 9.84 Å². The summed E-state index contributed by atoms with van der Waals surface area (Å²) < 4.78 is 23.5. The molecular weight excluding hydrogens is 234 g/mol. The molecule has 0 radical (unpaired) electrons. The van der Waals surface area contributed by atoms with Crippen molar-refractivity contribution in [3.8, 4) is 0 Å². The predicted octanol–water partition coefficient (Wildman–Crippen LogP) is 2.61. The molecule has 0 aromatic carbocycles. The molecule has 0 aliphatic rings. The normalized spacial score (nSPS) is 15.2. The molecule has 0 aromatic heterocycles. The van der Waals surface area contributed by atoms with Crippen LogP contribution in [0.3, 0.4) is 0 Å². The minimum atomic E-state index is -2.88. The minimum Gasteiger partial charge on any atom is -0.312 e. The van der Waals surface area contributed by atoms with Crippen LogP contribution in [0.25, 0.3) is 0 Å². The molecule has 1 atom stereocenters. The Kier molecular flexibility index (Phi) is 6.70. The number of rotatable bonds is 7. The quantitative estimate of drug-likeness (QED) is 0.768. The number of hydrogen-bond donors (Lipinski definition) is 1. The standard InChI is InChI=1S/C13H29NO2S/c1-7-12(10-14-13(4,5)6)8-9-17(15,16)11(2)3/h11-12,14H,7-10H2,1-6H3. The highest BCUT2D eigenvalue weighted by Crippen LogP contribution is 2.13. The lowest BCUT2D eigenvalue weighted by molar-refractivity contribution is 0.359. The van der Waals surface area contributed by atoms with Gasteiger partial charge in [-0.05, 0) is 53.5 Å². The van der Waals surface area contributed by atoms with Crippen LogP contribution in [0.4, 0.5) is 0 Å². The van der Waals surface area contributed by atoms with Crippen LogP contribution < -0.4 is 5.32 Å². The zero-order chi connectivity index (χ0) is 13.7. The van der Waals surface area contributed by atoms with Crippen molar-refractivity contribution >= 4 is 9.84 Å². The SMILES string of the molecule is CCC(CCS(=O)(=O)C(C)C)CNC(C)(C)C. The summed E-state index contributed by atoms with van der Waals surface area (Å²) >= 11 is 0. The molecule has 0 saturated carbocycles. The van der Waals surface area contributed by atoms with Gasteiger partial charge in [0.1, 0.15) is 0 Å². The molecule has 0 amide bonds. The zero-order valence-corrected chi connectivity index (χ0v) is 13.0. The van der Waals surface area contributed by atoms with Gasteiger partial charge in [0, 0.05) is 5.54 Å². The third-order valence-electron chi connectivity index (χ3n) is 3.03. The Bertz CT molecular complexity index is 302. The summed E-state index contributed by atoms with van der Waals surface area (Å²) in [4.78, 5) is 0. The summed E-state index contributed by atoms with van der Waals surface area (Å²) in [7, 11) is -2.88. The molecule has 0 fully saturated rings. The molecule has 104 valence electrons. The van der Waals surface area contributed by atoms with Crippen LogP contribution in [0, 0.1) is 5.92 Å². The highest BCUT2D eigenvalue weighted by Gasteiger charge is 2.19. The van der Waals surface area contributed by atoms with E-state index < -0.39 is 9.84 Å². The first-order chi connectivity index (χ1) is 7.58. The van der Waals surface area contributed by atoms with Gasteiger partial charge in [0.25, 0.3) is 0 Å². The van der Waals surface area contributed by atoms with Crippen molar-refractivity contribution in [1.29, 1.82) is 0 Å². The van der Waals surface area contributed by atoms with Gasteiger partial charge in [-0.1, -0.05) is 13.3 Å². The van der Waals surface area contributed by atoms with E-state index in [1.54, 1.807) is 13.8 Å². The molecule has 1 N–H and O–H groups in total. The summed E-state index contributed by atoms with van der Waals surface area (Å²) in [6.45, 7) is 12.9. The maximum absolute atomic E-state index is 11.7. The van der Waals surface area contributed by atoms with Crippen LogP contribution in [-0.4, -0.2) is 31.5 Å². The molecule has 0 aliphatic carbocycles. The van der Waals surface area contributed by atoms with E-state index in [0.29, 0.717) is 11.7 Å². The molecule has 3 nitrogen and oxygen atoms in total. The van der Waals surface area contributed by atoms with Crippen molar-refractivity contribution in [3.05, 3.63) is 0 Å². The Morgan fingerprint density at radius 1 is 1.18 bits per heavy atom. The first kappa shape index (κ1) is 16.9. The van der Waals surface area contributed by atoms with Crippen molar-refractivity contribution in [1.82, 2.24) is 5.32 Å². The lowest BCUT2D eigenvalue weighted by atomic mass is 10.0. The summed E-state index contributed by atoms with van der Waals surface area (Å²) in [6, 6.07) is 0. The maximum atomic E-state index is 11.7. The van der Waals surface area contributed by atoms with Gasteiger partial charge < -0.3 is 5.32 Å². The second kappa shape index (κ2) is 6.74. The van der Waals surface area contributed by atoms with Crippen LogP contribution in [0.5, 0.6) is 0 Å². The number of sulfone groups is 1. The lowest BCUT2D eigenvalue weighted by Crippen LogP contribution is -2.39. The maximum Gasteiger partial charge on any atom is 0.152 e. The topological polar surface area (TPSA) is 46.2 Å². The molecule has 4 heteroatoms. The van der Waals surface area contributed by atoms with Gasteiger partial charge in [-0.25, -0.2) is 8.42 Å². The molecule has 0 heterocycles. The summed E-state index contributed by atoms with van der Waals surface area (Å²) in [6.07, 6.45) is 1.79. The summed E-state index contributed by atoms with van der Waals surface area (Å²) in [5.74, 6) is 0.761. The Balaban J connectivity index is 4.16. The van der Waals surface area contributed by atoms with Crippen LogP contribution >= 0.6 is 0 Å². The zero-order valence-electron chi connectivity index (χ0n) is 12.2. The monoisotopic (exact) mass is 263 g/mol. The first-order valence-electron chi connectivity index (χ1n) is 6.55. The van der Waals surface area contributed by atoms with Crippen molar-refractivity contribution in [3.63, 3.8) is 0 Å². The molecular formula is C13H29NO2S. The highest BCUT2D eigenvalue weighted by atomic mass is 32.2. The van der Waals surface area contributed by atoms with Crippen LogP contribution in [0.2, 0.25) is 0 Å². The van der Waals surface area contributed by atoms with E-state index in [1.165, 1.54) is 0 Å². The Morgan fingerprint density at radius 3 is 2.06 bits per heavy atom. The van der Waals surface area contributed by atoms with Gasteiger partial charge in [-0.3, -0.25) is 0 Å². The third-order valence-corrected chi connectivity index (χ3v) is 5.27. The van der Waals surface area contributed by atoms with E-state index in [-0.39, 0.29) is 10.8 Å². The van der Waals surface area contributed by atoms with E-state index in [2.05, 4.69) is 33.0 Å². The molecule has 0 aromatic rings.